The lowest BCUT2D eigenvalue weighted by Gasteiger charge is -2.39. The molecule has 1 aromatic heterocycles. The summed E-state index contributed by atoms with van der Waals surface area (Å²) in [4.78, 5) is 6.25. The van der Waals surface area contributed by atoms with Gasteiger partial charge in [-0.2, -0.15) is 5.10 Å². The Morgan fingerprint density at radius 2 is 1.80 bits per heavy atom. The molecule has 1 aliphatic heterocycles. The summed E-state index contributed by atoms with van der Waals surface area (Å²) in [5.41, 5.74) is 7.17. The number of hydrogen-bond acceptors (Lipinski definition) is 4. The molecule has 4 rings (SSSR count). The van der Waals surface area contributed by atoms with Crippen LogP contribution in [-0.2, 0) is 0 Å². The Balaban J connectivity index is 1.59. The van der Waals surface area contributed by atoms with Crippen LogP contribution in [0.1, 0.15) is 36.8 Å². The minimum absolute atomic E-state index is 0.120. The summed E-state index contributed by atoms with van der Waals surface area (Å²) in [6.45, 7) is 1.12. The van der Waals surface area contributed by atoms with Crippen LogP contribution in [0, 0.1) is 5.82 Å². The molecule has 2 fully saturated rings. The summed E-state index contributed by atoms with van der Waals surface area (Å²) in [5.74, 6) is 0.0596. The molecule has 0 amide bonds. The first-order valence-corrected chi connectivity index (χ1v) is 8.83. The Bertz CT molecular complexity index is 680. The van der Waals surface area contributed by atoms with Crippen molar-refractivity contribution in [2.45, 2.75) is 49.5 Å². The largest absolute Gasteiger partial charge is 0.326 e. The summed E-state index contributed by atoms with van der Waals surface area (Å²) in [5, 5.41) is 4.32. The summed E-state index contributed by atoms with van der Waals surface area (Å²) in [6.07, 6.45) is 4.56. The van der Waals surface area contributed by atoms with E-state index in [9.17, 15) is 8.78 Å². The van der Waals surface area contributed by atoms with E-state index in [1.54, 1.807) is 6.33 Å². The van der Waals surface area contributed by atoms with Crippen LogP contribution in [0.4, 0.5) is 8.78 Å². The van der Waals surface area contributed by atoms with Crippen LogP contribution < -0.4 is 5.73 Å². The van der Waals surface area contributed by atoms with Gasteiger partial charge in [-0.3, -0.25) is 4.90 Å². The minimum atomic E-state index is -0.884. The van der Waals surface area contributed by atoms with Crippen molar-refractivity contribution in [3.05, 3.63) is 48.3 Å². The zero-order valence-corrected chi connectivity index (χ0v) is 14.0. The number of aromatic nitrogens is 3. The number of nitrogens with two attached hydrogens (primary N) is 1. The van der Waals surface area contributed by atoms with E-state index in [-0.39, 0.29) is 29.9 Å². The molecule has 2 aromatic rings. The predicted molar refractivity (Wildman–Crippen MR) is 90.3 cm³/mol. The Kier molecular flexibility index (Phi) is 4.52. The Hall–Kier alpha value is -1.86. The number of rotatable bonds is 3. The SMILES string of the molecule is NC1CC(F)CN([C@@H]2CC(c3ccc(F)cc3)C[C@H]2n2cncn2)C1. The lowest BCUT2D eigenvalue weighted by Crippen LogP contribution is -2.53. The van der Waals surface area contributed by atoms with Gasteiger partial charge in [-0.25, -0.2) is 18.4 Å². The molecular formula is C18H23F2N5. The quantitative estimate of drug-likeness (QED) is 0.925. The fourth-order valence-corrected chi connectivity index (χ4v) is 4.44. The molecule has 25 heavy (non-hydrogen) atoms. The molecule has 1 saturated carbocycles. The van der Waals surface area contributed by atoms with Gasteiger partial charge >= 0.3 is 0 Å². The third-order valence-corrected chi connectivity index (χ3v) is 5.54. The molecule has 7 heteroatoms. The molecule has 134 valence electrons. The average Bonchev–Trinajstić information content (AvgIpc) is 3.24. The average molecular weight is 347 g/mol. The first kappa shape index (κ1) is 16.6. The van der Waals surface area contributed by atoms with Crippen molar-refractivity contribution in [3.63, 3.8) is 0 Å². The second kappa shape index (κ2) is 6.80. The number of hydrogen-bond donors (Lipinski definition) is 1. The molecule has 1 aliphatic carbocycles. The van der Waals surface area contributed by atoms with Crippen LogP contribution in [-0.4, -0.2) is 51.0 Å². The summed E-state index contributed by atoms with van der Waals surface area (Å²) in [6, 6.07) is 6.84. The van der Waals surface area contributed by atoms with Crippen LogP contribution in [0.3, 0.4) is 0 Å². The number of piperidine rings is 1. The van der Waals surface area contributed by atoms with Gasteiger partial charge in [-0.05, 0) is 42.9 Å². The van der Waals surface area contributed by atoms with E-state index in [1.807, 2.05) is 16.8 Å². The third-order valence-electron chi connectivity index (χ3n) is 5.54. The monoisotopic (exact) mass is 347 g/mol. The van der Waals surface area contributed by atoms with Crippen molar-refractivity contribution in [2.24, 2.45) is 5.73 Å². The van der Waals surface area contributed by atoms with E-state index in [1.165, 1.54) is 18.5 Å². The van der Waals surface area contributed by atoms with E-state index in [0.29, 0.717) is 19.5 Å². The Morgan fingerprint density at radius 1 is 1.04 bits per heavy atom. The van der Waals surface area contributed by atoms with Crippen molar-refractivity contribution in [1.82, 2.24) is 19.7 Å². The molecule has 3 unspecified atom stereocenters. The maximum atomic E-state index is 14.1. The van der Waals surface area contributed by atoms with Crippen molar-refractivity contribution in [2.75, 3.05) is 13.1 Å². The van der Waals surface area contributed by atoms with E-state index in [0.717, 1.165) is 18.4 Å². The van der Waals surface area contributed by atoms with Crippen LogP contribution in [0.25, 0.3) is 0 Å². The third kappa shape index (κ3) is 3.43. The van der Waals surface area contributed by atoms with E-state index in [2.05, 4.69) is 15.0 Å². The molecule has 5 atom stereocenters. The molecule has 5 nitrogen and oxygen atoms in total. The van der Waals surface area contributed by atoms with E-state index in [4.69, 9.17) is 5.73 Å². The number of benzene rings is 1. The van der Waals surface area contributed by atoms with E-state index < -0.39 is 6.17 Å². The minimum Gasteiger partial charge on any atom is -0.326 e. The highest BCUT2D eigenvalue weighted by Gasteiger charge is 2.42. The van der Waals surface area contributed by atoms with Crippen LogP contribution >= 0.6 is 0 Å². The Morgan fingerprint density at radius 3 is 2.48 bits per heavy atom. The maximum Gasteiger partial charge on any atom is 0.137 e. The van der Waals surface area contributed by atoms with Crippen LogP contribution in [0.2, 0.25) is 0 Å². The van der Waals surface area contributed by atoms with Crippen molar-refractivity contribution >= 4 is 0 Å². The van der Waals surface area contributed by atoms with Gasteiger partial charge in [0.15, 0.2) is 0 Å². The topological polar surface area (TPSA) is 60.0 Å². The first-order chi connectivity index (χ1) is 12.1. The molecule has 2 heterocycles. The number of alkyl halides is 1. The van der Waals surface area contributed by atoms with E-state index >= 15 is 0 Å². The predicted octanol–water partition coefficient (Wildman–Crippen LogP) is 2.28. The van der Waals surface area contributed by atoms with Gasteiger partial charge in [0.1, 0.15) is 24.6 Å². The van der Waals surface area contributed by atoms with Gasteiger partial charge in [0, 0.05) is 25.2 Å². The van der Waals surface area contributed by atoms with Gasteiger partial charge in [-0.15, -0.1) is 0 Å². The number of likely N-dealkylation sites (tertiary alicyclic amines) is 1. The fraction of sp³-hybridized carbons (Fsp3) is 0.556. The van der Waals surface area contributed by atoms with Crippen LogP contribution in [0.15, 0.2) is 36.9 Å². The molecule has 0 radical (unpaired) electrons. The first-order valence-electron chi connectivity index (χ1n) is 8.83. The smallest absolute Gasteiger partial charge is 0.137 e. The lowest BCUT2D eigenvalue weighted by molar-refractivity contribution is 0.0690. The molecular weight excluding hydrogens is 324 g/mol. The standard InChI is InChI=1S/C18H23F2N5/c19-14-3-1-12(2-4-14)13-5-17(18(6-13)25-11-22-10-23-25)24-8-15(20)7-16(21)9-24/h1-4,10-11,13,15-18H,5-9,21H2/t13?,15?,16?,17-,18-/m1/s1. The summed E-state index contributed by atoms with van der Waals surface area (Å²) >= 11 is 0. The fourth-order valence-electron chi connectivity index (χ4n) is 4.44. The number of nitrogens with zero attached hydrogens (tertiary/aromatic N) is 4. The van der Waals surface area contributed by atoms with Crippen molar-refractivity contribution in [3.8, 4) is 0 Å². The number of halogens is 2. The molecule has 2 aliphatic rings. The van der Waals surface area contributed by atoms with Gasteiger partial charge in [-0.1, -0.05) is 12.1 Å². The van der Waals surface area contributed by atoms with Gasteiger partial charge < -0.3 is 5.73 Å². The highest BCUT2D eigenvalue weighted by atomic mass is 19.1. The summed E-state index contributed by atoms with van der Waals surface area (Å²) < 4.78 is 29.2. The second-order valence-corrected chi connectivity index (χ2v) is 7.28. The molecule has 0 bridgehead atoms. The van der Waals surface area contributed by atoms with Gasteiger partial charge in [0.2, 0.25) is 0 Å². The second-order valence-electron chi connectivity index (χ2n) is 7.28. The highest BCUT2D eigenvalue weighted by molar-refractivity contribution is 5.23. The summed E-state index contributed by atoms with van der Waals surface area (Å²) in [7, 11) is 0. The normalized spacial score (nSPS) is 33.6. The van der Waals surface area contributed by atoms with Crippen LogP contribution in [0.5, 0.6) is 0 Å². The highest BCUT2D eigenvalue weighted by Crippen LogP contribution is 2.43. The van der Waals surface area contributed by atoms with Crippen molar-refractivity contribution in [1.29, 1.82) is 0 Å². The molecule has 2 N–H and O–H groups in total. The molecule has 0 spiro atoms. The zero-order valence-electron chi connectivity index (χ0n) is 14.0. The lowest BCUT2D eigenvalue weighted by atomic mass is 9.96. The Labute approximate surface area is 145 Å². The van der Waals surface area contributed by atoms with Gasteiger partial charge in [0.05, 0.1) is 6.04 Å². The molecule has 1 aromatic carbocycles. The van der Waals surface area contributed by atoms with Gasteiger partial charge in [0.25, 0.3) is 0 Å². The van der Waals surface area contributed by atoms with Crippen molar-refractivity contribution < 1.29 is 8.78 Å². The maximum absolute atomic E-state index is 14.1. The molecule has 1 saturated heterocycles. The zero-order chi connectivity index (χ0) is 17.4.